The van der Waals surface area contributed by atoms with Crippen molar-refractivity contribution in [2.45, 2.75) is 6.92 Å². The zero-order chi connectivity index (χ0) is 22.1. The van der Waals surface area contributed by atoms with Gasteiger partial charge in [0, 0.05) is 10.6 Å². The number of carbonyl (C=O) groups is 4. The van der Waals surface area contributed by atoms with E-state index in [1.54, 1.807) is 42.5 Å². The van der Waals surface area contributed by atoms with Crippen LogP contribution in [0, 0.1) is 6.92 Å². The minimum Gasteiger partial charge on any atom is -0.454 e. The Hall–Kier alpha value is -3.77. The van der Waals surface area contributed by atoms with E-state index in [0.717, 1.165) is 10.5 Å². The molecule has 1 heterocycles. The van der Waals surface area contributed by atoms with E-state index in [1.165, 1.54) is 24.3 Å². The van der Waals surface area contributed by atoms with Crippen LogP contribution in [-0.4, -0.2) is 30.2 Å². The van der Waals surface area contributed by atoms with Crippen molar-refractivity contribution in [1.29, 1.82) is 0 Å². The molecule has 1 aliphatic rings. The maximum Gasteiger partial charge on any atom is 0.338 e. The Bertz CT molecular complexity index is 1230. The molecule has 0 unspecified atom stereocenters. The number of esters is 1. The van der Waals surface area contributed by atoms with Gasteiger partial charge >= 0.3 is 5.97 Å². The summed E-state index contributed by atoms with van der Waals surface area (Å²) < 4.78 is 5.11. The van der Waals surface area contributed by atoms with Crippen LogP contribution in [0.3, 0.4) is 0 Å². The SMILES string of the molecule is Cc1ccc(C(=O)COC(=O)c2ccc3c(c2)C(=O)N(c2cccc(Cl)c2)C3=O)cc1. The normalized spacial score (nSPS) is 12.6. The lowest BCUT2D eigenvalue weighted by atomic mass is 10.1. The highest BCUT2D eigenvalue weighted by Gasteiger charge is 2.37. The van der Waals surface area contributed by atoms with Gasteiger partial charge in [0.1, 0.15) is 0 Å². The first-order valence-corrected chi connectivity index (χ1v) is 9.78. The fourth-order valence-electron chi connectivity index (χ4n) is 3.25. The van der Waals surface area contributed by atoms with Crippen molar-refractivity contribution in [2.75, 3.05) is 11.5 Å². The number of rotatable bonds is 5. The van der Waals surface area contributed by atoms with Crippen molar-refractivity contribution in [2.24, 2.45) is 0 Å². The van der Waals surface area contributed by atoms with E-state index >= 15 is 0 Å². The van der Waals surface area contributed by atoms with Crippen LogP contribution in [0.15, 0.2) is 66.7 Å². The number of imide groups is 1. The molecule has 0 saturated heterocycles. The van der Waals surface area contributed by atoms with Crippen molar-refractivity contribution < 1.29 is 23.9 Å². The van der Waals surface area contributed by atoms with Crippen LogP contribution in [0.25, 0.3) is 0 Å². The maximum atomic E-state index is 12.8. The number of Topliss-reactive ketones (excluding diaryl/α,β-unsaturated/α-hetero) is 1. The predicted octanol–water partition coefficient (Wildman–Crippen LogP) is 4.49. The molecule has 3 aromatic rings. The Morgan fingerprint density at radius 1 is 0.871 bits per heavy atom. The smallest absolute Gasteiger partial charge is 0.338 e. The average molecular weight is 434 g/mol. The number of benzene rings is 3. The zero-order valence-corrected chi connectivity index (χ0v) is 17.2. The highest BCUT2D eigenvalue weighted by Crippen LogP contribution is 2.30. The Morgan fingerprint density at radius 3 is 2.26 bits per heavy atom. The highest BCUT2D eigenvalue weighted by molar-refractivity contribution is 6.35. The molecule has 0 saturated carbocycles. The molecule has 1 aliphatic heterocycles. The number of carbonyl (C=O) groups excluding carboxylic acids is 4. The van der Waals surface area contributed by atoms with Crippen LogP contribution in [0.2, 0.25) is 5.02 Å². The van der Waals surface area contributed by atoms with Gasteiger partial charge < -0.3 is 4.74 Å². The van der Waals surface area contributed by atoms with Gasteiger partial charge in [-0.1, -0.05) is 47.5 Å². The minimum atomic E-state index is -0.760. The van der Waals surface area contributed by atoms with E-state index in [1.807, 2.05) is 6.92 Å². The third-order valence-electron chi connectivity index (χ3n) is 4.90. The van der Waals surface area contributed by atoms with Gasteiger partial charge in [-0.15, -0.1) is 0 Å². The molecule has 2 amide bonds. The van der Waals surface area contributed by atoms with E-state index in [4.69, 9.17) is 16.3 Å². The van der Waals surface area contributed by atoms with Crippen molar-refractivity contribution >= 4 is 40.9 Å². The zero-order valence-electron chi connectivity index (χ0n) is 16.4. The van der Waals surface area contributed by atoms with Crippen molar-refractivity contribution in [3.05, 3.63) is 99.6 Å². The van der Waals surface area contributed by atoms with Gasteiger partial charge in [0.05, 0.1) is 22.4 Å². The predicted molar refractivity (Wildman–Crippen MR) is 115 cm³/mol. The Morgan fingerprint density at radius 2 is 1.55 bits per heavy atom. The number of anilines is 1. The van der Waals surface area contributed by atoms with Crippen LogP contribution in [0.5, 0.6) is 0 Å². The van der Waals surface area contributed by atoms with Gasteiger partial charge in [0.2, 0.25) is 0 Å². The summed E-state index contributed by atoms with van der Waals surface area (Å²) in [5.74, 6) is -2.16. The topological polar surface area (TPSA) is 80.8 Å². The summed E-state index contributed by atoms with van der Waals surface area (Å²) in [6.45, 7) is 1.47. The van der Waals surface area contributed by atoms with Crippen molar-refractivity contribution in [1.82, 2.24) is 0 Å². The number of fused-ring (bicyclic) bond motifs is 1. The maximum absolute atomic E-state index is 12.8. The number of halogens is 1. The van der Waals surface area contributed by atoms with E-state index in [2.05, 4.69) is 0 Å². The molecule has 31 heavy (non-hydrogen) atoms. The summed E-state index contributed by atoms with van der Waals surface area (Å²) in [6.07, 6.45) is 0. The molecule has 0 N–H and O–H groups in total. The van der Waals surface area contributed by atoms with Crippen LogP contribution < -0.4 is 4.90 Å². The second kappa shape index (κ2) is 8.16. The first-order valence-electron chi connectivity index (χ1n) is 9.40. The average Bonchev–Trinajstić information content (AvgIpc) is 3.02. The van der Waals surface area contributed by atoms with Crippen molar-refractivity contribution in [3.8, 4) is 0 Å². The second-order valence-electron chi connectivity index (χ2n) is 7.05. The van der Waals surface area contributed by atoms with E-state index in [-0.39, 0.29) is 22.5 Å². The Kier molecular flexibility index (Phi) is 5.40. The third kappa shape index (κ3) is 3.98. The lowest BCUT2D eigenvalue weighted by molar-refractivity contribution is 0.0474. The van der Waals surface area contributed by atoms with Gasteiger partial charge in [-0.05, 0) is 43.3 Å². The number of nitrogens with zero attached hydrogens (tertiary/aromatic N) is 1. The van der Waals surface area contributed by atoms with Gasteiger partial charge in [0.25, 0.3) is 11.8 Å². The fraction of sp³-hybridized carbons (Fsp3) is 0.0833. The largest absolute Gasteiger partial charge is 0.454 e. The van der Waals surface area contributed by atoms with Gasteiger partial charge in [0.15, 0.2) is 12.4 Å². The molecule has 0 spiro atoms. The lowest BCUT2D eigenvalue weighted by Gasteiger charge is -2.13. The molecule has 0 radical (unpaired) electrons. The molecule has 6 nitrogen and oxygen atoms in total. The number of hydrogen-bond donors (Lipinski definition) is 0. The molecule has 0 atom stereocenters. The molecule has 0 aliphatic carbocycles. The number of hydrogen-bond acceptors (Lipinski definition) is 5. The van der Waals surface area contributed by atoms with Gasteiger partial charge in [-0.25, -0.2) is 9.69 Å². The second-order valence-corrected chi connectivity index (χ2v) is 7.49. The molecular formula is C24H16ClNO5. The molecular weight excluding hydrogens is 418 g/mol. The quantitative estimate of drug-likeness (QED) is 0.336. The summed E-state index contributed by atoms with van der Waals surface area (Å²) in [5, 5.41) is 0.386. The number of aryl methyl sites for hydroxylation is 1. The first kappa shape index (κ1) is 20.5. The summed E-state index contributed by atoms with van der Waals surface area (Å²) in [5.41, 5.74) is 2.13. The molecule has 0 bridgehead atoms. The summed E-state index contributed by atoms with van der Waals surface area (Å²) in [6, 6.07) is 17.4. The molecule has 154 valence electrons. The number of ketones is 1. The molecule has 0 fully saturated rings. The number of ether oxygens (including phenoxy) is 1. The van der Waals surface area contributed by atoms with E-state index in [0.29, 0.717) is 16.3 Å². The number of amides is 2. The summed E-state index contributed by atoms with van der Waals surface area (Å²) in [4.78, 5) is 51.2. The minimum absolute atomic E-state index is 0.0737. The molecule has 4 rings (SSSR count). The summed E-state index contributed by atoms with van der Waals surface area (Å²) >= 11 is 5.97. The molecule has 3 aromatic carbocycles. The van der Waals surface area contributed by atoms with Crippen LogP contribution in [0.4, 0.5) is 5.69 Å². The Balaban J connectivity index is 1.51. The van der Waals surface area contributed by atoms with Gasteiger partial charge in [-0.3, -0.25) is 14.4 Å². The third-order valence-corrected chi connectivity index (χ3v) is 5.13. The monoisotopic (exact) mass is 433 g/mol. The molecule has 0 aromatic heterocycles. The van der Waals surface area contributed by atoms with E-state index in [9.17, 15) is 19.2 Å². The lowest BCUT2D eigenvalue weighted by Crippen LogP contribution is -2.29. The Labute approximate surface area is 183 Å². The first-order chi connectivity index (χ1) is 14.8. The van der Waals surface area contributed by atoms with Crippen LogP contribution >= 0.6 is 11.6 Å². The van der Waals surface area contributed by atoms with E-state index < -0.39 is 24.4 Å². The highest BCUT2D eigenvalue weighted by atomic mass is 35.5. The standard InChI is InChI=1S/C24H16ClNO5/c1-14-5-7-15(8-6-14)21(27)13-31-24(30)16-9-10-19-20(11-16)23(29)26(22(19)28)18-4-2-3-17(25)12-18/h2-12H,13H2,1H3. The summed E-state index contributed by atoms with van der Waals surface area (Å²) in [7, 11) is 0. The van der Waals surface area contributed by atoms with Crippen LogP contribution in [0.1, 0.15) is 47.0 Å². The van der Waals surface area contributed by atoms with Crippen LogP contribution in [-0.2, 0) is 4.74 Å². The van der Waals surface area contributed by atoms with Gasteiger partial charge in [-0.2, -0.15) is 0 Å². The molecule has 7 heteroatoms. The van der Waals surface area contributed by atoms with Crippen molar-refractivity contribution in [3.63, 3.8) is 0 Å². The fourth-order valence-corrected chi connectivity index (χ4v) is 3.44.